The molecule has 0 fully saturated rings. The maximum Gasteiger partial charge on any atom is 0.307 e. The molecule has 2 aromatic heterocycles. The summed E-state index contributed by atoms with van der Waals surface area (Å²) in [6.07, 6.45) is 4.18. The van der Waals surface area contributed by atoms with Crippen LogP contribution in [-0.2, 0) is 4.79 Å². The number of rotatable bonds is 5. The third-order valence-corrected chi connectivity index (χ3v) is 5.00. The van der Waals surface area contributed by atoms with Gasteiger partial charge in [-0.3, -0.25) is 4.79 Å². The van der Waals surface area contributed by atoms with Crippen molar-refractivity contribution >= 4 is 39.2 Å². The van der Waals surface area contributed by atoms with Crippen molar-refractivity contribution in [2.45, 2.75) is 6.42 Å². The van der Waals surface area contributed by atoms with Gasteiger partial charge in [0.25, 0.3) is 0 Å². The van der Waals surface area contributed by atoms with Gasteiger partial charge in [-0.15, -0.1) is 11.3 Å². The van der Waals surface area contributed by atoms with Crippen molar-refractivity contribution in [3.8, 4) is 5.69 Å². The van der Waals surface area contributed by atoms with E-state index in [4.69, 9.17) is 0 Å². The highest BCUT2D eigenvalue weighted by atomic mass is 32.1. The lowest BCUT2D eigenvalue weighted by molar-refractivity contribution is -0.135. The lowest BCUT2D eigenvalue weighted by Gasteiger charge is -2.05. The fraction of sp³-hybridized carbons (Fsp3) is 0.0526. The molecule has 0 bridgehead atoms. The molecule has 27 heavy (non-hydrogen) atoms. The molecule has 0 aliphatic carbocycles. The summed E-state index contributed by atoms with van der Waals surface area (Å²) < 4.78 is 16.7. The van der Waals surface area contributed by atoms with Crippen molar-refractivity contribution in [3.05, 3.63) is 71.5 Å². The van der Waals surface area contributed by atoms with E-state index in [0.29, 0.717) is 16.1 Å². The van der Waals surface area contributed by atoms with E-state index in [9.17, 15) is 14.3 Å². The standard InChI is InChI=1S/C19H13FN4O2S/c20-14-8-12(5-6-16(14)24-11-21-10-22-24)7-13(9-18(25)26)19-23-15-3-1-2-4-17(15)27-19/h1-8,10-11H,9H2,(H,25,26)/b13-7+. The quantitative estimate of drug-likeness (QED) is 0.565. The Kier molecular flexibility index (Phi) is 4.47. The maximum absolute atomic E-state index is 14.4. The van der Waals surface area contributed by atoms with Crippen molar-refractivity contribution in [3.63, 3.8) is 0 Å². The molecule has 2 aromatic carbocycles. The SMILES string of the molecule is O=C(O)C/C(=C\c1ccc(-n2cncn2)c(F)c1)c1nc2ccccc2s1. The van der Waals surface area contributed by atoms with Crippen LogP contribution in [0, 0.1) is 5.82 Å². The maximum atomic E-state index is 14.4. The molecule has 1 N–H and O–H groups in total. The summed E-state index contributed by atoms with van der Waals surface area (Å²) in [4.78, 5) is 19.6. The molecule has 2 heterocycles. The first-order chi connectivity index (χ1) is 13.1. The number of aromatic nitrogens is 4. The zero-order valence-electron chi connectivity index (χ0n) is 13.9. The number of carbonyl (C=O) groups is 1. The Labute approximate surface area is 157 Å². The van der Waals surface area contributed by atoms with Crippen LogP contribution in [0.4, 0.5) is 4.39 Å². The van der Waals surface area contributed by atoms with E-state index in [1.807, 2.05) is 24.3 Å². The third-order valence-electron chi connectivity index (χ3n) is 3.89. The smallest absolute Gasteiger partial charge is 0.307 e. The molecule has 0 unspecified atom stereocenters. The minimum Gasteiger partial charge on any atom is -0.481 e. The number of hydrogen-bond acceptors (Lipinski definition) is 5. The first-order valence-corrected chi connectivity index (χ1v) is 8.84. The third kappa shape index (κ3) is 3.61. The van der Waals surface area contributed by atoms with E-state index in [1.54, 1.807) is 18.2 Å². The van der Waals surface area contributed by atoms with Gasteiger partial charge in [0.05, 0.1) is 16.6 Å². The number of benzene rings is 2. The average Bonchev–Trinajstić information content (AvgIpc) is 3.30. The van der Waals surface area contributed by atoms with Crippen LogP contribution in [-0.4, -0.2) is 30.8 Å². The van der Waals surface area contributed by atoms with Crippen LogP contribution < -0.4 is 0 Å². The number of nitrogens with zero attached hydrogens (tertiary/aromatic N) is 4. The number of aliphatic carboxylic acids is 1. The Balaban J connectivity index is 1.75. The number of thiazole rings is 1. The second-order valence-corrected chi connectivity index (χ2v) is 6.81. The second-order valence-electron chi connectivity index (χ2n) is 5.78. The minimum atomic E-state index is -0.972. The van der Waals surface area contributed by atoms with E-state index in [1.165, 1.54) is 34.7 Å². The van der Waals surface area contributed by atoms with Gasteiger partial charge in [-0.05, 0) is 41.5 Å². The molecular weight excluding hydrogens is 367 g/mol. The van der Waals surface area contributed by atoms with Crippen molar-refractivity contribution < 1.29 is 14.3 Å². The van der Waals surface area contributed by atoms with E-state index < -0.39 is 11.8 Å². The van der Waals surface area contributed by atoms with E-state index in [2.05, 4.69) is 15.1 Å². The lowest BCUT2D eigenvalue weighted by atomic mass is 10.1. The van der Waals surface area contributed by atoms with Crippen LogP contribution in [0.15, 0.2) is 55.1 Å². The summed E-state index contributed by atoms with van der Waals surface area (Å²) in [6.45, 7) is 0. The molecule has 134 valence electrons. The van der Waals surface area contributed by atoms with Gasteiger partial charge in [-0.2, -0.15) is 5.10 Å². The average molecular weight is 380 g/mol. The van der Waals surface area contributed by atoms with E-state index in [-0.39, 0.29) is 12.1 Å². The number of halogens is 1. The zero-order chi connectivity index (χ0) is 18.8. The summed E-state index contributed by atoms with van der Waals surface area (Å²) in [5, 5.41) is 13.8. The topological polar surface area (TPSA) is 80.9 Å². The molecule has 0 saturated carbocycles. The monoisotopic (exact) mass is 380 g/mol. The molecule has 0 saturated heterocycles. The Bertz CT molecular complexity index is 1120. The van der Waals surface area contributed by atoms with Crippen LogP contribution in [0.25, 0.3) is 27.6 Å². The minimum absolute atomic E-state index is 0.202. The van der Waals surface area contributed by atoms with Gasteiger partial charge in [0.2, 0.25) is 0 Å². The van der Waals surface area contributed by atoms with Gasteiger partial charge in [0.15, 0.2) is 0 Å². The van der Waals surface area contributed by atoms with Crippen molar-refractivity contribution in [1.82, 2.24) is 19.7 Å². The predicted molar refractivity (Wildman–Crippen MR) is 101 cm³/mol. The fourth-order valence-corrected chi connectivity index (χ4v) is 3.67. The van der Waals surface area contributed by atoms with Crippen LogP contribution in [0.5, 0.6) is 0 Å². The second kappa shape index (κ2) is 7.08. The number of para-hydroxylation sites is 1. The molecule has 0 spiro atoms. The largest absolute Gasteiger partial charge is 0.481 e. The summed E-state index contributed by atoms with van der Waals surface area (Å²) in [7, 11) is 0. The predicted octanol–water partition coefficient (Wildman–Crippen LogP) is 4.03. The number of carboxylic acid groups (broad SMARTS) is 1. The van der Waals surface area contributed by atoms with E-state index >= 15 is 0 Å². The fourth-order valence-electron chi connectivity index (χ4n) is 2.69. The molecule has 0 aliphatic rings. The Morgan fingerprint density at radius 1 is 1.26 bits per heavy atom. The normalized spacial score (nSPS) is 11.8. The molecule has 4 rings (SSSR count). The van der Waals surface area contributed by atoms with Gasteiger partial charge in [0.1, 0.15) is 29.2 Å². The molecule has 4 aromatic rings. The van der Waals surface area contributed by atoms with Crippen molar-refractivity contribution in [2.24, 2.45) is 0 Å². The molecular formula is C19H13FN4O2S. The van der Waals surface area contributed by atoms with Gasteiger partial charge in [0, 0.05) is 0 Å². The first kappa shape index (κ1) is 17.0. The first-order valence-electron chi connectivity index (χ1n) is 8.03. The van der Waals surface area contributed by atoms with Gasteiger partial charge in [-0.25, -0.2) is 19.0 Å². The summed E-state index contributed by atoms with van der Waals surface area (Å²) in [5.41, 5.74) is 2.15. The number of carboxylic acids is 1. The zero-order valence-corrected chi connectivity index (χ0v) is 14.7. The Morgan fingerprint density at radius 2 is 2.11 bits per heavy atom. The van der Waals surface area contributed by atoms with Gasteiger partial charge < -0.3 is 5.11 Å². The van der Waals surface area contributed by atoms with Crippen LogP contribution in [0.1, 0.15) is 17.0 Å². The van der Waals surface area contributed by atoms with Crippen molar-refractivity contribution in [2.75, 3.05) is 0 Å². The molecule has 0 amide bonds. The van der Waals surface area contributed by atoms with Crippen LogP contribution in [0.3, 0.4) is 0 Å². The molecule has 8 heteroatoms. The van der Waals surface area contributed by atoms with Crippen molar-refractivity contribution in [1.29, 1.82) is 0 Å². The molecule has 6 nitrogen and oxygen atoms in total. The number of hydrogen-bond donors (Lipinski definition) is 1. The highest BCUT2D eigenvalue weighted by Crippen LogP contribution is 2.30. The van der Waals surface area contributed by atoms with Crippen LogP contribution >= 0.6 is 11.3 Å². The molecule has 0 radical (unpaired) electrons. The summed E-state index contributed by atoms with van der Waals surface area (Å²) in [5.74, 6) is -1.45. The highest BCUT2D eigenvalue weighted by Gasteiger charge is 2.13. The van der Waals surface area contributed by atoms with E-state index in [0.717, 1.165) is 10.2 Å². The van der Waals surface area contributed by atoms with Gasteiger partial charge >= 0.3 is 5.97 Å². The van der Waals surface area contributed by atoms with Gasteiger partial charge in [-0.1, -0.05) is 18.2 Å². The highest BCUT2D eigenvalue weighted by molar-refractivity contribution is 7.19. The summed E-state index contributed by atoms with van der Waals surface area (Å²) >= 11 is 1.41. The Hall–Kier alpha value is -3.39. The number of fused-ring (bicyclic) bond motifs is 1. The molecule has 0 atom stereocenters. The lowest BCUT2D eigenvalue weighted by Crippen LogP contribution is -1.99. The summed E-state index contributed by atoms with van der Waals surface area (Å²) in [6, 6.07) is 12.2. The Morgan fingerprint density at radius 3 is 2.81 bits per heavy atom. The van der Waals surface area contributed by atoms with Crippen LogP contribution in [0.2, 0.25) is 0 Å². The molecule has 0 aliphatic heterocycles.